The van der Waals surface area contributed by atoms with Gasteiger partial charge in [-0.2, -0.15) is 0 Å². The third-order valence-electron chi connectivity index (χ3n) is 3.02. The van der Waals surface area contributed by atoms with Crippen LogP contribution in [0.15, 0.2) is 4.52 Å². The van der Waals surface area contributed by atoms with E-state index in [2.05, 4.69) is 24.0 Å². The molecule has 1 aromatic heterocycles. The van der Waals surface area contributed by atoms with E-state index in [-0.39, 0.29) is 12.4 Å². The summed E-state index contributed by atoms with van der Waals surface area (Å²) in [6.07, 6.45) is 2.46. The van der Waals surface area contributed by atoms with E-state index in [9.17, 15) is 0 Å². The van der Waals surface area contributed by atoms with Crippen molar-refractivity contribution in [2.24, 2.45) is 0 Å². The van der Waals surface area contributed by atoms with Crippen molar-refractivity contribution in [3.63, 3.8) is 0 Å². The Hall–Kier alpha value is -0.540. The van der Waals surface area contributed by atoms with Gasteiger partial charge in [0.25, 0.3) is 0 Å². The molecular formula is C10H17ClN2O. The summed E-state index contributed by atoms with van der Waals surface area (Å²) in [5.74, 6) is 1.07. The van der Waals surface area contributed by atoms with Crippen molar-refractivity contribution in [3.05, 3.63) is 17.0 Å². The lowest BCUT2D eigenvalue weighted by molar-refractivity contribution is 0.250. The number of hydrogen-bond acceptors (Lipinski definition) is 3. The molecule has 0 aromatic carbocycles. The molecule has 0 aliphatic carbocycles. The summed E-state index contributed by atoms with van der Waals surface area (Å²) in [6.45, 7) is 5.26. The molecule has 1 aliphatic heterocycles. The molecule has 1 aromatic rings. The van der Waals surface area contributed by atoms with Crippen molar-refractivity contribution in [2.75, 3.05) is 13.6 Å². The van der Waals surface area contributed by atoms with Gasteiger partial charge in [0.2, 0.25) is 0 Å². The van der Waals surface area contributed by atoms with Crippen LogP contribution in [0.25, 0.3) is 0 Å². The zero-order valence-electron chi connectivity index (χ0n) is 8.91. The highest BCUT2D eigenvalue weighted by atomic mass is 35.5. The largest absolute Gasteiger partial charge is 0.359 e. The van der Waals surface area contributed by atoms with Crippen LogP contribution in [-0.2, 0) is 0 Å². The lowest BCUT2D eigenvalue weighted by Gasteiger charge is -2.16. The van der Waals surface area contributed by atoms with Crippen LogP contribution in [0.2, 0.25) is 0 Å². The SMILES string of the molecule is Cc1noc(C2CCCN2C)c1C.Cl. The molecule has 1 fully saturated rings. The van der Waals surface area contributed by atoms with E-state index in [4.69, 9.17) is 4.52 Å². The monoisotopic (exact) mass is 216 g/mol. The van der Waals surface area contributed by atoms with Crippen molar-refractivity contribution >= 4 is 12.4 Å². The molecule has 80 valence electrons. The first-order chi connectivity index (χ1) is 6.20. The summed E-state index contributed by atoms with van der Waals surface area (Å²) in [4.78, 5) is 2.34. The summed E-state index contributed by atoms with van der Waals surface area (Å²) >= 11 is 0. The second-order valence-electron chi connectivity index (χ2n) is 3.90. The standard InChI is InChI=1S/C10H16N2O.ClH/c1-7-8(2)11-13-10(7)9-5-4-6-12(9)3;/h9H,4-6H2,1-3H3;1H. The minimum atomic E-state index is 0. The third kappa shape index (κ3) is 1.79. The van der Waals surface area contributed by atoms with Crippen LogP contribution in [0, 0.1) is 13.8 Å². The zero-order valence-corrected chi connectivity index (χ0v) is 9.73. The van der Waals surface area contributed by atoms with Crippen LogP contribution in [0.4, 0.5) is 0 Å². The minimum Gasteiger partial charge on any atom is -0.359 e. The molecule has 14 heavy (non-hydrogen) atoms. The second kappa shape index (κ2) is 4.32. The topological polar surface area (TPSA) is 29.3 Å². The van der Waals surface area contributed by atoms with Gasteiger partial charge in [-0.05, 0) is 40.3 Å². The van der Waals surface area contributed by atoms with E-state index in [1.54, 1.807) is 0 Å². The Morgan fingerprint density at radius 2 is 2.14 bits per heavy atom. The Morgan fingerprint density at radius 3 is 2.57 bits per heavy atom. The number of halogens is 1. The van der Waals surface area contributed by atoms with Gasteiger partial charge in [0.1, 0.15) is 0 Å². The maximum Gasteiger partial charge on any atom is 0.156 e. The van der Waals surface area contributed by atoms with E-state index >= 15 is 0 Å². The van der Waals surface area contributed by atoms with Gasteiger partial charge < -0.3 is 4.52 Å². The third-order valence-corrected chi connectivity index (χ3v) is 3.02. The van der Waals surface area contributed by atoms with Crippen LogP contribution in [0.5, 0.6) is 0 Å². The molecule has 1 unspecified atom stereocenters. The molecule has 0 amide bonds. The van der Waals surface area contributed by atoms with Gasteiger partial charge in [0, 0.05) is 5.56 Å². The molecule has 1 saturated heterocycles. The average molecular weight is 217 g/mol. The Balaban J connectivity index is 0.000000980. The summed E-state index contributed by atoms with van der Waals surface area (Å²) < 4.78 is 5.36. The van der Waals surface area contributed by atoms with Crippen LogP contribution in [0.3, 0.4) is 0 Å². The Kier molecular flexibility index (Phi) is 3.56. The van der Waals surface area contributed by atoms with Crippen LogP contribution >= 0.6 is 12.4 Å². The number of likely N-dealkylation sites (tertiary alicyclic amines) is 1. The first kappa shape index (κ1) is 11.5. The van der Waals surface area contributed by atoms with Gasteiger partial charge in [-0.25, -0.2) is 0 Å². The van der Waals surface area contributed by atoms with E-state index in [1.165, 1.54) is 24.9 Å². The van der Waals surface area contributed by atoms with Gasteiger partial charge in [-0.15, -0.1) is 12.4 Å². The first-order valence-electron chi connectivity index (χ1n) is 4.83. The molecule has 0 radical (unpaired) electrons. The van der Waals surface area contributed by atoms with Gasteiger partial charge in [0.05, 0.1) is 11.7 Å². The van der Waals surface area contributed by atoms with E-state index in [0.717, 1.165) is 11.5 Å². The van der Waals surface area contributed by atoms with Crippen molar-refractivity contribution < 1.29 is 4.52 Å². The molecule has 0 saturated carbocycles. The van der Waals surface area contributed by atoms with Crippen LogP contribution in [0.1, 0.15) is 35.9 Å². The highest BCUT2D eigenvalue weighted by Gasteiger charge is 2.27. The fraction of sp³-hybridized carbons (Fsp3) is 0.700. The number of hydrogen-bond donors (Lipinski definition) is 0. The number of aryl methyl sites for hydroxylation is 1. The lowest BCUT2D eigenvalue weighted by atomic mass is 10.1. The van der Waals surface area contributed by atoms with Gasteiger partial charge in [0.15, 0.2) is 5.76 Å². The highest BCUT2D eigenvalue weighted by Crippen LogP contribution is 2.32. The van der Waals surface area contributed by atoms with Crippen molar-refractivity contribution in [2.45, 2.75) is 32.7 Å². The van der Waals surface area contributed by atoms with Crippen LogP contribution in [-0.4, -0.2) is 23.6 Å². The molecule has 3 nitrogen and oxygen atoms in total. The number of rotatable bonds is 1. The van der Waals surface area contributed by atoms with E-state index in [1.807, 2.05) is 6.92 Å². The average Bonchev–Trinajstić information content (AvgIpc) is 2.62. The fourth-order valence-electron chi connectivity index (χ4n) is 1.99. The summed E-state index contributed by atoms with van der Waals surface area (Å²) in [6, 6.07) is 0.459. The molecule has 0 spiro atoms. The molecular weight excluding hydrogens is 200 g/mol. The molecule has 4 heteroatoms. The first-order valence-corrected chi connectivity index (χ1v) is 4.83. The van der Waals surface area contributed by atoms with E-state index < -0.39 is 0 Å². The molecule has 1 atom stereocenters. The van der Waals surface area contributed by atoms with Crippen molar-refractivity contribution in [1.29, 1.82) is 0 Å². The van der Waals surface area contributed by atoms with Crippen LogP contribution < -0.4 is 0 Å². The second-order valence-corrected chi connectivity index (χ2v) is 3.90. The predicted octanol–water partition coefficient (Wildman–Crippen LogP) is 2.48. The smallest absolute Gasteiger partial charge is 0.156 e. The molecule has 2 heterocycles. The van der Waals surface area contributed by atoms with Gasteiger partial charge in [-0.1, -0.05) is 5.16 Å². The quantitative estimate of drug-likeness (QED) is 0.723. The molecule has 0 N–H and O–H groups in total. The van der Waals surface area contributed by atoms with Gasteiger partial charge in [-0.3, -0.25) is 4.90 Å². The Morgan fingerprint density at radius 1 is 1.43 bits per heavy atom. The maximum atomic E-state index is 5.36. The fourth-order valence-corrected chi connectivity index (χ4v) is 1.99. The highest BCUT2D eigenvalue weighted by molar-refractivity contribution is 5.85. The summed E-state index contributed by atoms with van der Waals surface area (Å²) in [5, 5.41) is 3.99. The number of nitrogens with zero attached hydrogens (tertiary/aromatic N) is 2. The van der Waals surface area contributed by atoms with E-state index in [0.29, 0.717) is 6.04 Å². The molecule has 1 aliphatic rings. The normalized spacial score (nSPS) is 22.4. The molecule has 0 bridgehead atoms. The minimum absolute atomic E-state index is 0. The van der Waals surface area contributed by atoms with Crippen molar-refractivity contribution in [1.82, 2.24) is 10.1 Å². The van der Waals surface area contributed by atoms with Gasteiger partial charge >= 0.3 is 0 Å². The lowest BCUT2D eigenvalue weighted by Crippen LogP contribution is -2.17. The summed E-state index contributed by atoms with van der Waals surface area (Å²) in [5.41, 5.74) is 2.24. The Labute approximate surface area is 90.9 Å². The Bertz CT molecular complexity index is 311. The number of aromatic nitrogens is 1. The zero-order chi connectivity index (χ0) is 9.42. The van der Waals surface area contributed by atoms with Crippen molar-refractivity contribution in [3.8, 4) is 0 Å². The summed E-state index contributed by atoms with van der Waals surface area (Å²) in [7, 11) is 2.15. The maximum absolute atomic E-state index is 5.36. The predicted molar refractivity (Wildman–Crippen MR) is 57.8 cm³/mol. The molecule has 2 rings (SSSR count).